The lowest BCUT2D eigenvalue weighted by molar-refractivity contribution is 0.597. The molecule has 164 valence electrons. The summed E-state index contributed by atoms with van der Waals surface area (Å²) in [5, 5.41) is 0. The van der Waals surface area contributed by atoms with Gasteiger partial charge in [0.2, 0.25) is 9.84 Å². The van der Waals surface area contributed by atoms with E-state index < -0.39 is 25.5 Å². The van der Waals surface area contributed by atoms with E-state index in [4.69, 9.17) is 0 Å². The standard InChI is InChI=1S/C22H15BrFNO4S3/c1-31(26,27)17-8-4-14(5-9-17)18-10-11-19(32(28,29)20-12-25-13-30-20)21(22(18)23)15-2-6-16(24)7-3-15/h2-13H,1H3. The second-order valence-electron chi connectivity index (χ2n) is 6.93. The fraction of sp³-hybridized carbons (Fsp3) is 0.0455. The van der Waals surface area contributed by atoms with Gasteiger partial charge < -0.3 is 0 Å². The van der Waals surface area contributed by atoms with E-state index in [0.717, 1.165) is 17.6 Å². The second-order valence-corrected chi connectivity index (χ2v) is 12.8. The molecule has 0 amide bonds. The highest BCUT2D eigenvalue weighted by molar-refractivity contribution is 9.10. The SMILES string of the molecule is CS(=O)(=O)c1ccc(-c2ccc(S(=O)(=O)c3cncs3)c(-c3ccc(F)cc3)c2Br)cc1. The summed E-state index contributed by atoms with van der Waals surface area (Å²) in [6, 6.07) is 15.0. The molecule has 0 aliphatic rings. The summed E-state index contributed by atoms with van der Waals surface area (Å²) in [6.07, 6.45) is 2.42. The molecule has 4 aromatic rings. The van der Waals surface area contributed by atoms with Crippen LogP contribution in [-0.2, 0) is 19.7 Å². The lowest BCUT2D eigenvalue weighted by Gasteiger charge is -2.16. The van der Waals surface area contributed by atoms with Gasteiger partial charge >= 0.3 is 0 Å². The highest BCUT2D eigenvalue weighted by Crippen LogP contribution is 2.43. The minimum atomic E-state index is -3.88. The molecular weight excluding hydrogens is 537 g/mol. The van der Waals surface area contributed by atoms with Gasteiger partial charge in [-0.05, 0) is 63.0 Å². The Bertz CT molecular complexity index is 1500. The Morgan fingerprint density at radius 1 is 0.875 bits per heavy atom. The zero-order valence-corrected chi connectivity index (χ0v) is 20.5. The Kier molecular flexibility index (Phi) is 6.06. The van der Waals surface area contributed by atoms with E-state index in [1.807, 2.05) is 0 Å². The number of hydrogen-bond acceptors (Lipinski definition) is 6. The molecule has 0 bridgehead atoms. The van der Waals surface area contributed by atoms with Crippen molar-refractivity contribution in [1.82, 2.24) is 4.98 Å². The zero-order valence-electron chi connectivity index (χ0n) is 16.5. The Labute approximate surface area is 197 Å². The van der Waals surface area contributed by atoms with Gasteiger partial charge in [-0.3, -0.25) is 4.98 Å². The summed E-state index contributed by atoms with van der Waals surface area (Å²) in [7, 11) is -7.23. The van der Waals surface area contributed by atoms with Crippen molar-refractivity contribution in [1.29, 1.82) is 0 Å². The number of hydrogen-bond donors (Lipinski definition) is 0. The number of halogens is 2. The van der Waals surface area contributed by atoms with E-state index in [-0.39, 0.29) is 14.0 Å². The largest absolute Gasteiger partial charge is 0.252 e. The van der Waals surface area contributed by atoms with Gasteiger partial charge in [-0.25, -0.2) is 21.2 Å². The summed E-state index contributed by atoms with van der Waals surface area (Å²) in [6.45, 7) is 0. The molecule has 0 N–H and O–H groups in total. The van der Waals surface area contributed by atoms with Crippen LogP contribution in [0, 0.1) is 5.82 Å². The van der Waals surface area contributed by atoms with Crippen molar-refractivity contribution >= 4 is 46.9 Å². The van der Waals surface area contributed by atoms with Crippen molar-refractivity contribution in [3.63, 3.8) is 0 Å². The normalized spacial score (nSPS) is 12.1. The van der Waals surface area contributed by atoms with Gasteiger partial charge in [-0.1, -0.05) is 30.3 Å². The van der Waals surface area contributed by atoms with Crippen LogP contribution in [0.2, 0.25) is 0 Å². The van der Waals surface area contributed by atoms with Crippen LogP contribution in [0.5, 0.6) is 0 Å². The molecule has 0 fully saturated rings. The molecule has 0 unspecified atom stereocenters. The molecule has 4 rings (SSSR count). The number of benzene rings is 3. The molecule has 10 heteroatoms. The predicted molar refractivity (Wildman–Crippen MR) is 126 cm³/mol. The predicted octanol–water partition coefficient (Wildman–Crippen LogP) is 5.62. The van der Waals surface area contributed by atoms with Crippen molar-refractivity contribution in [3.05, 3.63) is 82.7 Å². The average Bonchev–Trinajstić information content (AvgIpc) is 3.30. The van der Waals surface area contributed by atoms with Gasteiger partial charge in [0.15, 0.2) is 9.84 Å². The van der Waals surface area contributed by atoms with Crippen LogP contribution in [0.4, 0.5) is 4.39 Å². The zero-order chi connectivity index (χ0) is 23.1. The van der Waals surface area contributed by atoms with Crippen LogP contribution in [0.3, 0.4) is 0 Å². The first-order chi connectivity index (χ1) is 15.1. The molecule has 0 saturated heterocycles. The van der Waals surface area contributed by atoms with Gasteiger partial charge in [0, 0.05) is 16.3 Å². The Hall–Kier alpha value is -2.40. The van der Waals surface area contributed by atoms with Gasteiger partial charge in [-0.15, -0.1) is 11.3 Å². The quantitative estimate of drug-likeness (QED) is 0.321. The van der Waals surface area contributed by atoms with E-state index in [0.29, 0.717) is 26.7 Å². The Morgan fingerprint density at radius 2 is 1.50 bits per heavy atom. The van der Waals surface area contributed by atoms with E-state index in [1.165, 1.54) is 54.2 Å². The molecule has 0 saturated carbocycles. The summed E-state index contributed by atoms with van der Waals surface area (Å²) < 4.78 is 64.3. The van der Waals surface area contributed by atoms with E-state index in [2.05, 4.69) is 20.9 Å². The van der Waals surface area contributed by atoms with Crippen LogP contribution in [-0.4, -0.2) is 28.1 Å². The van der Waals surface area contributed by atoms with Gasteiger partial charge in [-0.2, -0.15) is 0 Å². The molecule has 0 radical (unpaired) electrons. The summed E-state index contributed by atoms with van der Waals surface area (Å²) >= 11 is 4.56. The lowest BCUT2D eigenvalue weighted by Crippen LogP contribution is -2.04. The first kappa shape index (κ1) is 22.8. The fourth-order valence-corrected chi connectivity index (χ4v) is 7.19. The number of nitrogens with zero attached hydrogens (tertiary/aromatic N) is 1. The average molecular weight is 552 g/mol. The monoisotopic (exact) mass is 551 g/mol. The van der Waals surface area contributed by atoms with Crippen LogP contribution in [0.1, 0.15) is 0 Å². The molecule has 0 aliphatic carbocycles. The number of rotatable bonds is 5. The van der Waals surface area contributed by atoms with Crippen LogP contribution < -0.4 is 0 Å². The molecule has 32 heavy (non-hydrogen) atoms. The molecule has 0 atom stereocenters. The molecule has 3 aromatic carbocycles. The highest BCUT2D eigenvalue weighted by atomic mass is 79.9. The molecule has 1 aromatic heterocycles. The smallest absolute Gasteiger partial charge is 0.218 e. The lowest BCUT2D eigenvalue weighted by atomic mass is 9.99. The third kappa shape index (κ3) is 4.27. The van der Waals surface area contributed by atoms with Crippen LogP contribution in [0.25, 0.3) is 22.3 Å². The van der Waals surface area contributed by atoms with Gasteiger partial charge in [0.1, 0.15) is 10.0 Å². The van der Waals surface area contributed by atoms with Crippen LogP contribution >= 0.6 is 27.3 Å². The third-order valence-electron chi connectivity index (χ3n) is 4.79. The van der Waals surface area contributed by atoms with Crippen molar-refractivity contribution < 1.29 is 21.2 Å². The fourth-order valence-electron chi connectivity index (χ4n) is 3.22. The maximum absolute atomic E-state index is 13.6. The van der Waals surface area contributed by atoms with Crippen molar-refractivity contribution in [3.8, 4) is 22.3 Å². The molecule has 5 nitrogen and oxygen atoms in total. The summed E-state index contributed by atoms with van der Waals surface area (Å²) in [5.41, 5.74) is 3.68. The van der Waals surface area contributed by atoms with Crippen LogP contribution in [0.15, 0.2) is 90.8 Å². The minimum absolute atomic E-state index is 0.0525. The minimum Gasteiger partial charge on any atom is -0.252 e. The Balaban J connectivity index is 1.96. The first-order valence-electron chi connectivity index (χ1n) is 9.11. The maximum Gasteiger partial charge on any atom is 0.218 e. The topological polar surface area (TPSA) is 81.2 Å². The summed E-state index contributed by atoms with van der Waals surface area (Å²) in [4.78, 5) is 4.11. The number of aromatic nitrogens is 1. The number of sulfone groups is 2. The van der Waals surface area contributed by atoms with Crippen molar-refractivity contribution in [2.24, 2.45) is 0 Å². The van der Waals surface area contributed by atoms with E-state index in [9.17, 15) is 21.2 Å². The molecular formula is C22H15BrFNO4S3. The van der Waals surface area contributed by atoms with Gasteiger partial charge in [0.25, 0.3) is 0 Å². The Morgan fingerprint density at radius 3 is 2.06 bits per heavy atom. The van der Waals surface area contributed by atoms with E-state index >= 15 is 0 Å². The molecule has 0 spiro atoms. The van der Waals surface area contributed by atoms with Gasteiger partial charge in [0.05, 0.1) is 21.5 Å². The molecule has 0 aliphatic heterocycles. The van der Waals surface area contributed by atoms with E-state index in [1.54, 1.807) is 18.2 Å². The number of thiazole rings is 1. The van der Waals surface area contributed by atoms with Crippen molar-refractivity contribution in [2.75, 3.05) is 6.26 Å². The summed E-state index contributed by atoms with van der Waals surface area (Å²) in [5.74, 6) is -0.441. The molecule has 1 heterocycles. The second kappa shape index (κ2) is 8.51. The van der Waals surface area contributed by atoms with Crippen molar-refractivity contribution in [2.45, 2.75) is 14.0 Å². The highest BCUT2D eigenvalue weighted by Gasteiger charge is 2.26. The maximum atomic E-state index is 13.6. The third-order valence-corrected chi connectivity index (χ3v) is 9.81. The first-order valence-corrected chi connectivity index (χ1v) is 14.2.